The Morgan fingerprint density at radius 3 is 2.38 bits per heavy atom. The van der Waals surface area contributed by atoms with Crippen LogP contribution >= 0.6 is 15.9 Å². The van der Waals surface area contributed by atoms with Gasteiger partial charge in [-0.2, -0.15) is 0 Å². The minimum Gasteiger partial charge on any atom is -0.492 e. The zero-order chi connectivity index (χ0) is 15.9. The molecule has 1 aromatic rings. The molecule has 0 aromatic heterocycles. The van der Waals surface area contributed by atoms with Gasteiger partial charge in [0.15, 0.2) is 0 Å². The molecule has 0 fully saturated rings. The molecule has 1 rings (SSSR count). The van der Waals surface area contributed by atoms with E-state index in [4.69, 9.17) is 4.74 Å². The fraction of sp³-hybridized carbons (Fsp3) is 0.571. The zero-order valence-electron chi connectivity index (χ0n) is 12.0. The lowest BCUT2D eigenvalue weighted by Crippen LogP contribution is -2.25. The third kappa shape index (κ3) is 7.04. The summed E-state index contributed by atoms with van der Waals surface area (Å²) in [5.41, 5.74) is 0. The van der Waals surface area contributed by atoms with Crippen molar-refractivity contribution in [2.45, 2.75) is 26.6 Å². The van der Waals surface area contributed by atoms with Crippen molar-refractivity contribution in [3.8, 4) is 11.5 Å². The van der Waals surface area contributed by atoms with Crippen molar-refractivity contribution in [2.24, 2.45) is 0 Å². The van der Waals surface area contributed by atoms with E-state index in [-0.39, 0.29) is 5.75 Å². The Balaban J connectivity index is 2.46. The Morgan fingerprint density at radius 2 is 1.86 bits per heavy atom. The van der Waals surface area contributed by atoms with Crippen LogP contribution in [0.25, 0.3) is 0 Å². The molecule has 0 aliphatic heterocycles. The van der Waals surface area contributed by atoms with E-state index in [1.165, 1.54) is 18.2 Å². The lowest BCUT2D eigenvalue weighted by Gasteiger charge is -2.18. The molecular formula is C14H19BrF3NO2. The molecule has 0 spiro atoms. The van der Waals surface area contributed by atoms with Gasteiger partial charge in [-0.25, -0.2) is 0 Å². The zero-order valence-corrected chi connectivity index (χ0v) is 13.6. The number of halogens is 4. The third-order valence-corrected chi connectivity index (χ3v) is 3.53. The summed E-state index contributed by atoms with van der Waals surface area (Å²) >= 11 is 3.18. The van der Waals surface area contributed by atoms with Crippen LogP contribution in [0.15, 0.2) is 22.7 Å². The highest BCUT2D eigenvalue weighted by molar-refractivity contribution is 9.10. The Hall–Kier alpha value is -0.950. The van der Waals surface area contributed by atoms with Crippen LogP contribution in [0, 0.1) is 0 Å². The predicted octanol–water partition coefficient (Wildman–Crippen LogP) is 4.46. The van der Waals surface area contributed by atoms with Crippen LogP contribution in [-0.2, 0) is 0 Å². The van der Waals surface area contributed by atoms with Crippen LogP contribution in [0.2, 0.25) is 0 Å². The van der Waals surface area contributed by atoms with Gasteiger partial charge in [0.1, 0.15) is 11.5 Å². The first-order valence-electron chi connectivity index (χ1n) is 6.76. The maximum absolute atomic E-state index is 12.1. The topological polar surface area (TPSA) is 21.7 Å². The minimum absolute atomic E-state index is 0.273. The summed E-state index contributed by atoms with van der Waals surface area (Å²) in [6, 6.07) is 3.94. The van der Waals surface area contributed by atoms with Gasteiger partial charge in [0.2, 0.25) is 0 Å². The first-order chi connectivity index (χ1) is 9.85. The summed E-state index contributed by atoms with van der Waals surface area (Å²) in [5, 5.41) is 0. The van der Waals surface area contributed by atoms with E-state index in [0.29, 0.717) is 16.8 Å². The average Bonchev–Trinajstić information content (AvgIpc) is 2.39. The number of alkyl halides is 3. The van der Waals surface area contributed by atoms with E-state index in [1.54, 1.807) is 0 Å². The first-order valence-corrected chi connectivity index (χ1v) is 7.55. The number of hydrogen-bond donors (Lipinski definition) is 0. The smallest absolute Gasteiger partial charge is 0.492 e. The maximum Gasteiger partial charge on any atom is 0.573 e. The summed E-state index contributed by atoms with van der Waals surface area (Å²) in [7, 11) is 0. The van der Waals surface area contributed by atoms with E-state index in [0.717, 1.165) is 26.1 Å². The number of hydrogen-bond acceptors (Lipinski definition) is 3. The monoisotopic (exact) mass is 369 g/mol. The molecule has 21 heavy (non-hydrogen) atoms. The number of benzene rings is 1. The van der Waals surface area contributed by atoms with Crippen molar-refractivity contribution in [3.63, 3.8) is 0 Å². The molecular weight excluding hydrogens is 351 g/mol. The highest BCUT2D eigenvalue weighted by Gasteiger charge is 2.31. The number of nitrogens with zero attached hydrogens (tertiary/aromatic N) is 1. The molecule has 0 unspecified atom stereocenters. The van der Waals surface area contributed by atoms with Crippen molar-refractivity contribution in [3.05, 3.63) is 22.7 Å². The fourth-order valence-electron chi connectivity index (χ4n) is 1.81. The lowest BCUT2D eigenvalue weighted by molar-refractivity contribution is -0.274. The van der Waals surface area contributed by atoms with Crippen LogP contribution in [0.1, 0.15) is 20.3 Å². The molecule has 3 nitrogen and oxygen atoms in total. The third-order valence-electron chi connectivity index (χ3n) is 2.91. The van der Waals surface area contributed by atoms with Gasteiger partial charge < -0.3 is 14.4 Å². The van der Waals surface area contributed by atoms with E-state index in [2.05, 4.69) is 39.4 Å². The normalized spacial score (nSPS) is 11.8. The Kier molecular flexibility index (Phi) is 7.31. The van der Waals surface area contributed by atoms with Crippen molar-refractivity contribution >= 4 is 15.9 Å². The SMILES string of the molecule is CCN(CC)CCCOc1ccc(OC(F)(F)F)cc1Br. The second-order valence-electron chi connectivity index (χ2n) is 4.37. The minimum atomic E-state index is -4.69. The summed E-state index contributed by atoms with van der Waals surface area (Å²) in [5.74, 6) is 0.230. The fourth-order valence-corrected chi connectivity index (χ4v) is 2.28. The van der Waals surface area contributed by atoms with Gasteiger partial charge >= 0.3 is 6.36 Å². The molecule has 0 aliphatic carbocycles. The van der Waals surface area contributed by atoms with Crippen LogP contribution in [-0.4, -0.2) is 37.5 Å². The van der Waals surface area contributed by atoms with E-state index in [1.807, 2.05) is 0 Å². The summed E-state index contributed by atoms with van der Waals surface area (Å²) in [4.78, 5) is 2.28. The standard InChI is InChI=1S/C14H19BrF3NO2/c1-3-19(4-2)8-5-9-20-13-7-6-11(10-12(13)15)21-14(16,17)18/h6-7,10H,3-5,8-9H2,1-2H3. The van der Waals surface area contributed by atoms with Crippen molar-refractivity contribution in [1.82, 2.24) is 4.90 Å². The van der Waals surface area contributed by atoms with Gasteiger partial charge in [-0.1, -0.05) is 13.8 Å². The Morgan fingerprint density at radius 1 is 1.19 bits per heavy atom. The molecule has 0 saturated carbocycles. The van der Waals surface area contributed by atoms with Gasteiger partial charge in [0, 0.05) is 6.54 Å². The van der Waals surface area contributed by atoms with E-state index in [9.17, 15) is 13.2 Å². The predicted molar refractivity (Wildman–Crippen MR) is 78.7 cm³/mol. The summed E-state index contributed by atoms with van der Waals surface area (Å²) in [6.45, 7) is 7.61. The molecule has 0 heterocycles. The van der Waals surface area contributed by atoms with Crippen molar-refractivity contribution < 1.29 is 22.6 Å². The van der Waals surface area contributed by atoms with Crippen LogP contribution in [0.4, 0.5) is 13.2 Å². The van der Waals surface area contributed by atoms with Gasteiger partial charge in [-0.3, -0.25) is 0 Å². The second-order valence-corrected chi connectivity index (χ2v) is 5.22. The van der Waals surface area contributed by atoms with Crippen LogP contribution in [0.5, 0.6) is 11.5 Å². The Bertz CT molecular complexity index is 437. The highest BCUT2D eigenvalue weighted by Crippen LogP contribution is 2.32. The molecule has 0 aliphatic rings. The molecule has 1 aromatic carbocycles. The van der Waals surface area contributed by atoms with Gasteiger partial charge in [0.05, 0.1) is 11.1 Å². The van der Waals surface area contributed by atoms with Gasteiger partial charge in [-0.15, -0.1) is 13.2 Å². The number of ether oxygens (including phenoxy) is 2. The quantitative estimate of drug-likeness (QED) is 0.631. The van der Waals surface area contributed by atoms with E-state index < -0.39 is 6.36 Å². The maximum atomic E-state index is 12.1. The van der Waals surface area contributed by atoms with Gasteiger partial charge in [-0.05, 0) is 53.6 Å². The summed E-state index contributed by atoms with van der Waals surface area (Å²) in [6.07, 6.45) is -3.83. The largest absolute Gasteiger partial charge is 0.573 e. The van der Waals surface area contributed by atoms with Gasteiger partial charge in [0.25, 0.3) is 0 Å². The first kappa shape index (κ1) is 18.1. The molecule has 0 atom stereocenters. The van der Waals surface area contributed by atoms with Crippen LogP contribution < -0.4 is 9.47 Å². The van der Waals surface area contributed by atoms with Crippen molar-refractivity contribution in [1.29, 1.82) is 0 Å². The van der Waals surface area contributed by atoms with Crippen LogP contribution in [0.3, 0.4) is 0 Å². The molecule has 0 N–H and O–H groups in total. The highest BCUT2D eigenvalue weighted by atomic mass is 79.9. The van der Waals surface area contributed by atoms with Crippen molar-refractivity contribution in [2.75, 3.05) is 26.2 Å². The molecule has 0 amide bonds. The lowest BCUT2D eigenvalue weighted by atomic mass is 10.3. The molecule has 7 heteroatoms. The van der Waals surface area contributed by atoms with E-state index >= 15 is 0 Å². The second kappa shape index (κ2) is 8.48. The molecule has 0 saturated heterocycles. The Labute approximate surface area is 131 Å². The molecule has 0 radical (unpaired) electrons. The summed E-state index contributed by atoms with van der Waals surface area (Å²) < 4.78 is 46.1. The number of rotatable bonds is 8. The average molecular weight is 370 g/mol. The molecule has 120 valence electrons. The molecule has 0 bridgehead atoms.